The first-order valence-electron chi connectivity index (χ1n) is 41.5. The molecule has 0 rings (SSSR count). The largest absolute Gasteiger partial charge is 0.472 e. The first kappa shape index (κ1) is 100.0. The van der Waals surface area contributed by atoms with Crippen LogP contribution in [0, 0.1) is 0 Å². The Morgan fingerprint density at radius 1 is 0.279 bits per heavy atom. The summed E-state index contributed by atoms with van der Waals surface area (Å²) in [6, 6.07) is 0. The number of ether oxygens (including phenoxy) is 4. The summed E-state index contributed by atoms with van der Waals surface area (Å²) in [6.45, 7) is 4.66. The number of unbranched alkanes of at least 4 members (excludes halogenated alkanes) is 36. The maximum absolute atomic E-state index is 13.1. The fourth-order valence-corrected chi connectivity index (χ4v) is 12.9. The van der Waals surface area contributed by atoms with E-state index in [-0.39, 0.29) is 25.7 Å². The maximum Gasteiger partial charge on any atom is 0.472 e. The Morgan fingerprint density at radius 2 is 0.500 bits per heavy atom. The van der Waals surface area contributed by atoms with Crippen molar-refractivity contribution in [3.63, 3.8) is 0 Å². The molecule has 104 heavy (non-hydrogen) atoms. The number of hydrogen-bond donors (Lipinski definition) is 3. The van der Waals surface area contributed by atoms with Gasteiger partial charge in [-0.15, -0.1) is 0 Å². The Labute approximate surface area is 633 Å². The van der Waals surface area contributed by atoms with Crippen molar-refractivity contribution in [2.24, 2.45) is 0 Å². The minimum absolute atomic E-state index is 0.0395. The topological polar surface area (TPSA) is 237 Å². The molecule has 0 aliphatic heterocycles. The third kappa shape index (κ3) is 76.2. The van der Waals surface area contributed by atoms with Crippen LogP contribution in [-0.4, -0.2) is 96.7 Å². The quantitative estimate of drug-likeness (QED) is 0.0169. The van der Waals surface area contributed by atoms with Crippen molar-refractivity contribution in [3.8, 4) is 0 Å². The minimum Gasteiger partial charge on any atom is -0.462 e. The van der Waals surface area contributed by atoms with Gasteiger partial charge >= 0.3 is 39.5 Å². The summed E-state index contributed by atoms with van der Waals surface area (Å²) in [7, 11) is -9.97. The average molecular weight is 1510 g/mol. The highest BCUT2D eigenvalue weighted by Crippen LogP contribution is 2.45. The molecule has 0 aliphatic carbocycles. The molecule has 0 saturated carbocycles. The molecule has 0 amide bonds. The lowest BCUT2D eigenvalue weighted by molar-refractivity contribution is -0.161. The molecule has 0 radical (unpaired) electrons. The average Bonchev–Trinajstić information content (AvgIpc) is 0.918. The summed E-state index contributed by atoms with van der Waals surface area (Å²) in [5.41, 5.74) is 0. The molecule has 0 aromatic carbocycles. The summed E-state index contributed by atoms with van der Waals surface area (Å²) in [5.74, 6) is -2.21. The molecule has 0 heterocycles. The number of phosphoric acid groups is 2. The van der Waals surface area contributed by atoms with Crippen molar-refractivity contribution < 1.29 is 80.2 Å². The van der Waals surface area contributed by atoms with Gasteiger partial charge in [-0.05, 0) is 103 Å². The van der Waals surface area contributed by atoms with Crippen molar-refractivity contribution in [1.82, 2.24) is 0 Å². The molecule has 602 valence electrons. The number of carbonyl (C=O) groups excluding carboxylic acids is 4. The maximum atomic E-state index is 13.1. The lowest BCUT2D eigenvalue weighted by Gasteiger charge is -2.21. The smallest absolute Gasteiger partial charge is 0.462 e. The van der Waals surface area contributed by atoms with Crippen LogP contribution in [0.25, 0.3) is 0 Å². The van der Waals surface area contributed by atoms with Crippen molar-refractivity contribution >= 4 is 39.5 Å². The molecule has 0 aliphatic rings. The highest BCUT2D eigenvalue weighted by Gasteiger charge is 2.30. The van der Waals surface area contributed by atoms with Gasteiger partial charge in [-0.2, -0.15) is 0 Å². The van der Waals surface area contributed by atoms with E-state index in [0.29, 0.717) is 32.1 Å². The van der Waals surface area contributed by atoms with E-state index in [9.17, 15) is 43.2 Å². The van der Waals surface area contributed by atoms with Gasteiger partial charge < -0.3 is 33.8 Å². The molecule has 0 aromatic heterocycles. The third-order valence-corrected chi connectivity index (χ3v) is 19.5. The van der Waals surface area contributed by atoms with E-state index in [2.05, 4.69) is 125 Å². The van der Waals surface area contributed by atoms with Crippen molar-refractivity contribution in [1.29, 1.82) is 0 Å². The van der Waals surface area contributed by atoms with Gasteiger partial charge in [0.15, 0.2) is 12.2 Å². The highest BCUT2D eigenvalue weighted by atomic mass is 31.2. The molecular weight excluding hydrogens is 1350 g/mol. The van der Waals surface area contributed by atoms with Gasteiger partial charge in [0.1, 0.15) is 19.3 Å². The van der Waals surface area contributed by atoms with Gasteiger partial charge in [0.2, 0.25) is 0 Å². The summed E-state index contributed by atoms with van der Waals surface area (Å²) < 4.78 is 68.7. The Balaban J connectivity index is 5.37. The summed E-state index contributed by atoms with van der Waals surface area (Å²) in [5, 5.41) is 10.7. The van der Waals surface area contributed by atoms with Crippen LogP contribution in [0.3, 0.4) is 0 Å². The molecule has 17 nitrogen and oxygen atoms in total. The standard InChI is InChI=1S/C85H150O17P2/c1-5-9-13-17-21-25-29-33-37-38-39-40-44-46-50-54-58-62-66-70-83(88)96-76-81(102-85(90)72-68-64-60-56-52-48-43-36-32-28-24-20-16-12-8-4)78-100-104(93,94)98-74-79(86)73-97-103(91,92)99-77-80(101-84(89)71-67-63-59-55-51-47-42-35-31-27-23-19-15-11-7-3)75-95-82(87)69-65-61-57-53-49-45-41-34-30-26-22-18-14-10-6-2/h9,12-13,16,21,24-25,28,33,36-37,39-40,43,52,56,79-81,86H,5-8,10-11,14-15,17-20,22-23,26-27,29-32,34-35,38,41-42,44-51,53-55,57-78H2,1-4H3,(H,91,92)(H,93,94)/b13-9-,16-12-,25-21-,28-24-,37-33-,40-39-,43-36-,56-52-. The van der Waals surface area contributed by atoms with Gasteiger partial charge in [0, 0.05) is 25.7 Å². The molecule has 3 N–H and O–H groups in total. The molecule has 5 unspecified atom stereocenters. The summed E-state index contributed by atoms with van der Waals surface area (Å²) in [4.78, 5) is 73.1. The fraction of sp³-hybridized carbons (Fsp3) is 0.765. The normalized spacial score (nSPS) is 14.3. The van der Waals surface area contributed by atoms with E-state index < -0.39 is 97.5 Å². The Bertz CT molecular complexity index is 2350. The van der Waals surface area contributed by atoms with Gasteiger partial charge in [0.05, 0.1) is 26.4 Å². The molecule has 0 fully saturated rings. The van der Waals surface area contributed by atoms with Crippen LogP contribution in [0.4, 0.5) is 0 Å². The van der Waals surface area contributed by atoms with E-state index >= 15 is 0 Å². The zero-order valence-electron chi connectivity index (χ0n) is 65.9. The van der Waals surface area contributed by atoms with Crippen LogP contribution in [0.2, 0.25) is 0 Å². The number of esters is 4. The van der Waals surface area contributed by atoms with Gasteiger partial charge in [-0.1, -0.05) is 330 Å². The number of aliphatic hydroxyl groups is 1. The number of phosphoric ester groups is 2. The zero-order valence-corrected chi connectivity index (χ0v) is 67.7. The van der Waals surface area contributed by atoms with Crippen LogP contribution in [0.5, 0.6) is 0 Å². The first-order chi connectivity index (χ1) is 50.7. The van der Waals surface area contributed by atoms with Crippen LogP contribution in [0.1, 0.15) is 362 Å². The second-order valence-electron chi connectivity index (χ2n) is 27.7. The van der Waals surface area contributed by atoms with Crippen molar-refractivity contribution in [2.45, 2.75) is 380 Å². The molecule has 0 aromatic rings. The number of aliphatic hydroxyl groups excluding tert-OH is 1. The van der Waals surface area contributed by atoms with Crippen molar-refractivity contribution in [2.75, 3.05) is 39.6 Å². The molecule has 19 heteroatoms. The lowest BCUT2D eigenvalue weighted by Crippen LogP contribution is -2.30. The van der Waals surface area contributed by atoms with Crippen LogP contribution in [0.15, 0.2) is 97.2 Å². The van der Waals surface area contributed by atoms with Crippen LogP contribution >= 0.6 is 15.6 Å². The molecule has 0 spiro atoms. The monoisotopic (exact) mass is 1510 g/mol. The number of carbonyl (C=O) groups is 4. The SMILES string of the molecule is CC/C=C\C/C=C\C/C=C\C/C=C\CCCCCCCCC(=O)OCC(COP(=O)(O)OCC(O)COP(=O)(O)OCC(COC(=O)CCCCCCCCCCCCCCCCC)OC(=O)CCCCCCCCCCCCCCCCC)OC(=O)CCCC/C=C\C/C=C\C/C=C\C/C=C\CC. The van der Waals surface area contributed by atoms with E-state index in [1.54, 1.807) is 0 Å². The Hall–Kier alpha value is -4.02. The third-order valence-electron chi connectivity index (χ3n) is 17.6. The predicted octanol–water partition coefficient (Wildman–Crippen LogP) is 24.3. The molecule has 0 bridgehead atoms. The fourth-order valence-electron chi connectivity index (χ4n) is 11.3. The van der Waals surface area contributed by atoms with E-state index in [1.165, 1.54) is 135 Å². The van der Waals surface area contributed by atoms with Gasteiger partial charge in [-0.3, -0.25) is 37.3 Å². The first-order valence-corrected chi connectivity index (χ1v) is 44.5. The van der Waals surface area contributed by atoms with E-state index in [0.717, 1.165) is 141 Å². The minimum atomic E-state index is -4.99. The highest BCUT2D eigenvalue weighted by molar-refractivity contribution is 7.47. The second kappa shape index (κ2) is 77.1. The molecule has 5 atom stereocenters. The predicted molar refractivity (Wildman–Crippen MR) is 427 cm³/mol. The van der Waals surface area contributed by atoms with E-state index in [4.69, 9.17) is 37.0 Å². The second-order valence-corrected chi connectivity index (χ2v) is 30.6. The van der Waals surface area contributed by atoms with Gasteiger partial charge in [-0.25, -0.2) is 9.13 Å². The Morgan fingerprint density at radius 3 is 0.788 bits per heavy atom. The number of hydrogen-bond acceptors (Lipinski definition) is 15. The number of allylic oxidation sites excluding steroid dienone is 16. The molecule has 0 saturated heterocycles. The van der Waals surface area contributed by atoms with Crippen LogP contribution in [-0.2, 0) is 65.4 Å². The Kier molecular flexibility index (Phi) is 74.2. The van der Waals surface area contributed by atoms with Gasteiger partial charge in [0.25, 0.3) is 0 Å². The summed E-state index contributed by atoms with van der Waals surface area (Å²) >= 11 is 0. The lowest BCUT2D eigenvalue weighted by atomic mass is 10.0. The van der Waals surface area contributed by atoms with E-state index in [1.807, 2.05) is 0 Å². The van der Waals surface area contributed by atoms with Crippen molar-refractivity contribution in [3.05, 3.63) is 97.2 Å². The molecular formula is C85H150O17P2. The number of rotatable bonds is 78. The summed E-state index contributed by atoms with van der Waals surface area (Å²) in [6.07, 6.45) is 82.3. The van der Waals surface area contributed by atoms with Crippen LogP contribution < -0.4 is 0 Å². The zero-order chi connectivity index (χ0) is 76.0.